The van der Waals surface area contributed by atoms with E-state index >= 15 is 0 Å². The average molecular weight is 235 g/mol. The van der Waals surface area contributed by atoms with Crippen LogP contribution in [0.15, 0.2) is 18.2 Å². The molecule has 0 fully saturated rings. The zero-order valence-corrected chi connectivity index (χ0v) is 10.4. The molecule has 1 atom stereocenters. The molecule has 2 N–H and O–H groups in total. The maximum atomic E-state index is 9.60. The van der Waals surface area contributed by atoms with Crippen molar-refractivity contribution in [3.05, 3.63) is 29.3 Å². The highest BCUT2D eigenvalue weighted by Gasteiger charge is 2.11. The van der Waals surface area contributed by atoms with Gasteiger partial charge < -0.3 is 15.2 Å². The molecule has 3 heteroatoms. The van der Waals surface area contributed by atoms with Crippen LogP contribution in [0.5, 0.6) is 5.75 Å². The number of benzene rings is 1. The van der Waals surface area contributed by atoms with Gasteiger partial charge in [-0.1, -0.05) is 25.5 Å². The lowest BCUT2D eigenvalue weighted by Crippen LogP contribution is -2.26. The number of hydrogen-bond acceptors (Lipinski definition) is 3. The van der Waals surface area contributed by atoms with E-state index in [-0.39, 0.29) is 6.10 Å². The summed E-state index contributed by atoms with van der Waals surface area (Å²) in [7, 11) is 0. The molecule has 0 saturated carbocycles. The second-order valence-corrected chi connectivity index (χ2v) is 4.61. The average Bonchev–Trinajstić information content (AvgIpc) is 2.76. The minimum Gasteiger partial charge on any atom is -0.493 e. The molecular formula is C14H21NO2. The van der Waals surface area contributed by atoms with Crippen LogP contribution in [0.3, 0.4) is 0 Å². The maximum Gasteiger partial charge on any atom is 0.122 e. The molecule has 1 aliphatic rings. The molecule has 0 spiro atoms. The Morgan fingerprint density at radius 1 is 1.47 bits per heavy atom. The van der Waals surface area contributed by atoms with Gasteiger partial charge in [0.05, 0.1) is 12.7 Å². The minimum atomic E-state index is -0.224. The largest absolute Gasteiger partial charge is 0.493 e. The first-order chi connectivity index (χ1) is 8.29. The molecule has 94 valence electrons. The molecule has 2 rings (SSSR count). The molecule has 0 saturated heterocycles. The van der Waals surface area contributed by atoms with E-state index in [1.807, 2.05) is 6.07 Å². The summed E-state index contributed by atoms with van der Waals surface area (Å²) in [6, 6.07) is 6.33. The molecule has 17 heavy (non-hydrogen) atoms. The molecule has 0 aliphatic carbocycles. The summed E-state index contributed by atoms with van der Waals surface area (Å²) in [5.74, 6) is 1.03. The van der Waals surface area contributed by atoms with E-state index in [0.717, 1.165) is 38.2 Å². The van der Waals surface area contributed by atoms with Gasteiger partial charge in [0.25, 0.3) is 0 Å². The zero-order chi connectivity index (χ0) is 12.1. The summed E-state index contributed by atoms with van der Waals surface area (Å²) >= 11 is 0. The van der Waals surface area contributed by atoms with Crippen molar-refractivity contribution >= 4 is 0 Å². The number of ether oxygens (including phenoxy) is 1. The van der Waals surface area contributed by atoms with Crippen LogP contribution in [0.4, 0.5) is 0 Å². The van der Waals surface area contributed by atoms with Crippen LogP contribution in [-0.4, -0.2) is 24.4 Å². The first kappa shape index (κ1) is 12.4. The quantitative estimate of drug-likeness (QED) is 0.791. The van der Waals surface area contributed by atoms with Crippen LogP contribution in [0.25, 0.3) is 0 Å². The van der Waals surface area contributed by atoms with Crippen LogP contribution < -0.4 is 10.1 Å². The topological polar surface area (TPSA) is 41.5 Å². The Balaban J connectivity index is 1.79. The van der Waals surface area contributed by atoms with Gasteiger partial charge >= 0.3 is 0 Å². The van der Waals surface area contributed by atoms with Crippen LogP contribution in [0.1, 0.15) is 30.9 Å². The number of hydrogen-bond donors (Lipinski definition) is 2. The third kappa shape index (κ3) is 3.45. The highest BCUT2D eigenvalue weighted by atomic mass is 16.5. The molecule has 1 aromatic carbocycles. The maximum absolute atomic E-state index is 9.60. The number of nitrogens with one attached hydrogen (secondary N) is 1. The van der Waals surface area contributed by atoms with Gasteiger partial charge in [0, 0.05) is 19.5 Å². The van der Waals surface area contributed by atoms with Crippen LogP contribution in [0.2, 0.25) is 0 Å². The lowest BCUT2D eigenvalue weighted by atomic mass is 10.1. The summed E-state index contributed by atoms with van der Waals surface area (Å²) < 4.78 is 5.47. The van der Waals surface area contributed by atoms with E-state index in [1.165, 1.54) is 11.1 Å². The Bertz CT molecular complexity index is 365. The van der Waals surface area contributed by atoms with Crippen molar-refractivity contribution in [3.8, 4) is 5.75 Å². The van der Waals surface area contributed by atoms with Crippen LogP contribution >= 0.6 is 0 Å². The van der Waals surface area contributed by atoms with Gasteiger partial charge in [-0.2, -0.15) is 0 Å². The van der Waals surface area contributed by atoms with E-state index in [9.17, 15) is 5.11 Å². The van der Waals surface area contributed by atoms with E-state index in [1.54, 1.807) is 0 Å². The Morgan fingerprint density at radius 3 is 3.18 bits per heavy atom. The van der Waals surface area contributed by atoms with Gasteiger partial charge in [-0.25, -0.2) is 0 Å². The summed E-state index contributed by atoms with van der Waals surface area (Å²) in [4.78, 5) is 0. The second-order valence-electron chi connectivity index (χ2n) is 4.61. The van der Waals surface area contributed by atoms with Crippen molar-refractivity contribution in [2.45, 2.75) is 38.8 Å². The van der Waals surface area contributed by atoms with Gasteiger partial charge in [0.1, 0.15) is 5.75 Å². The van der Waals surface area contributed by atoms with E-state index in [2.05, 4.69) is 24.4 Å². The number of aliphatic hydroxyl groups is 1. The fourth-order valence-corrected chi connectivity index (χ4v) is 2.17. The van der Waals surface area contributed by atoms with Gasteiger partial charge in [-0.15, -0.1) is 0 Å². The van der Waals surface area contributed by atoms with Crippen molar-refractivity contribution in [2.75, 3.05) is 13.2 Å². The number of aliphatic hydroxyl groups excluding tert-OH is 1. The molecule has 1 aromatic rings. The molecule has 0 bridgehead atoms. The van der Waals surface area contributed by atoms with E-state index < -0.39 is 0 Å². The third-order valence-electron chi connectivity index (χ3n) is 3.08. The molecule has 1 aliphatic heterocycles. The molecular weight excluding hydrogens is 214 g/mol. The number of rotatable bonds is 6. The SMILES string of the molecule is CCCC(O)CNCc1ccc2c(c1)CCO2. The normalized spacial score (nSPS) is 15.4. The van der Waals surface area contributed by atoms with Crippen LogP contribution in [0, 0.1) is 0 Å². The van der Waals surface area contributed by atoms with Gasteiger partial charge in [0.2, 0.25) is 0 Å². The van der Waals surface area contributed by atoms with E-state index in [0.29, 0.717) is 6.54 Å². The third-order valence-corrected chi connectivity index (χ3v) is 3.08. The molecule has 1 unspecified atom stereocenters. The van der Waals surface area contributed by atoms with Crippen molar-refractivity contribution in [1.29, 1.82) is 0 Å². The predicted octanol–water partition coefficient (Wildman–Crippen LogP) is 1.87. The lowest BCUT2D eigenvalue weighted by molar-refractivity contribution is 0.160. The standard InChI is InChI=1S/C14H21NO2/c1-2-3-13(16)10-15-9-11-4-5-14-12(8-11)6-7-17-14/h4-5,8,13,15-16H,2-3,6-7,9-10H2,1H3. The highest BCUT2D eigenvalue weighted by Crippen LogP contribution is 2.25. The van der Waals surface area contributed by atoms with Crippen molar-refractivity contribution in [3.63, 3.8) is 0 Å². The highest BCUT2D eigenvalue weighted by molar-refractivity contribution is 5.39. The zero-order valence-electron chi connectivity index (χ0n) is 10.4. The lowest BCUT2D eigenvalue weighted by Gasteiger charge is -2.11. The summed E-state index contributed by atoms with van der Waals surface area (Å²) in [5, 5.41) is 12.9. The Kier molecular flexibility index (Phi) is 4.40. The Hall–Kier alpha value is -1.06. The predicted molar refractivity (Wildman–Crippen MR) is 68.3 cm³/mol. The summed E-state index contributed by atoms with van der Waals surface area (Å²) in [5.41, 5.74) is 2.57. The Morgan fingerprint density at radius 2 is 2.35 bits per heavy atom. The summed E-state index contributed by atoms with van der Waals surface area (Å²) in [6.45, 7) is 4.38. The second kappa shape index (κ2) is 6.03. The van der Waals surface area contributed by atoms with Crippen LogP contribution in [-0.2, 0) is 13.0 Å². The van der Waals surface area contributed by atoms with E-state index in [4.69, 9.17) is 4.74 Å². The fraction of sp³-hybridized carbons (Fsp3) is 0.571. The molecule has 0 amide bonds. The van der Waals surface area contributed by atoms with Gasteiger partial charge in [-0.05, 0) is 23.6 Å². The number of fused-ring (bicyclic) bond motifs is 1. The molecule has 0 radical (unpaired) electrons. The van der Waals surface area contributed by atoms with Gasteiger partial charge in [0.15, 0.2) is 0 Å². The smallest absolute Gasteiger partial charge is 0.122 e. The first-order valence-corrected chi connectivity index (χ1v) is 6.43. The monoisotopic (exact) mass is 235 g/mol. The summed E-state index contributed by atoms with van der Waals surface area (Å²) in [6.07, 6.45) is 2.68. The van der Waals surface area contributed by atoms with Crippen molar-refractivity contribution < 1.29 is 9.84 Å². The molecule has 3 nitrogen and oxygen atoms in total. The molecule has 1 heterocycles. The van der Waals surface area contributed by atoms with Crippen molar-refractivity contribution in [1.82, 2.24) is 5.32 Å². The Labute approximate surface area is 103 Å². The fourth-order valence-electron chi connectivity index (χ4n) is 2.17. The van der Waals surface area contributed by atoms with Crippen molar-refractivity contribution in [2.24, 2.45) is 0 Å². The molecule has 0 aromatic heterocycles. The first-order valence-electron chi connectivity index (χ1n) is 6.43. The minimum absolute atomic E-state index is 0.224. The van der Waals surface area contributed by atoms with Gasteiger partial charge in [-0.3, -0.25) is 0 Å².